The Hall–Kier alpha value is -2.82. The normalized spacial score (nSPS) is 16.5. The third-order valence-electron chi connectivity index (χ3n) is 4.96. The maximum absolute atomic E-state index is 15.0. The Morgan fingerprint density at radius 1 is 1.26 bits per heavy atom. The Labute approximate surface area is 184 Å². The zero-order valence-corrected chi connectivity index (χ0v) is 19.5. The van der Waals surface area contributed by atoms with Crippen LogP contribution >= 0.6 is 0 Å². The number of rotatable bonds is 8. The molecule has 0 bridgehead atoms. The van der Waals surface area contributed by atoms with Gasteiger partial charge in [0.25, 0.3) is 0 Å². The lowest BCUT2D eigenvalue weighted by molar-refractivity contribution is -0.131. The molecule has 1 N–H and O–H groups in total. The van der Waals surface area contributed by atoms with E-state index in [-0.39, 0.29) is 5.92 Å². The van der Waals surface area contributed by atoms with Gasteiger partial charge in [-0.2, -0.15) is 0 Å². The van der Waals surface area contributed by atoms with Crippen LogP contribution in [-0.2, 0) is 4.79 Å². The third-order valence-corrected chi connectivity index (χ3v) is 4.96. The summed E-state index contributed by atoms with van der Waals surface area (Å²) >= 11 is 0. The van der Waals surface area contributed by atoms with Crippen LogP contribution in [0.5, 0.6) is 11.5 Å². The highest BCUT2D eigenvalue weighted by atomic mass is 19.1. The lowest BCUT2D eigenvalue weighted by Crippen LogP contribution is -2.30. The fourth-order valence-electron chi connectivity index (χ4n) is 3.44. The number of allylic oxidation sites excluding steroid dienone is 6. The Morgan fingerprint density at radius 2 is 1.94 bits per heavy atom. The molecule has 1 heterocycles. The Morgan fingerprint density at radius 3 is 2.52 bits per heavy atom. The van der Waals surface area contributed by atoms with E-state index in [2.05, 4.69) is 19.9 Å². The van der Waals surface area contributed by atoms with Crippen LogP contribution in [0.25, 0.3) is 11.1 Å². The molecule has 0 aliphatic carbocycles. The van der Waals surface area contributed by atoms with Crippen LogP contribution in [0.2, 0.25) is 0 Å². The maximum Gasteiger partial charge on any atom is 0.328 e. The fraction of sp³-hybridized carbons (Fsp3) is 0.423. The smallest absolute Gasteiger partial charge is 0.328 e. The van der Waals surface area contributed by atoms with Crippen molar-refractivity contribution in [3.05, 3.63) is 59.0 Å². The largest absolute Gasteiger partial charge is 0.493 e. The molecule has 168 valence electrons. The number of aliphatic carboxylic acids is 1. The Balaban J connectivity index is 2.61. The third kappa shape index (κ3) is 6.33. The zero-order chi connectivity index (χ0) is 23.3. The molecule has 0 saturated heterocycles. The topological polar surface area (TPSA) is 55.8 Å². The number of hydrogen-bond acceptors (Lipinski definition) is 3. The molecule has 0 spiro atoms. The minimum Gasteiger partial charge on any atom is -0.493 e. The summed E-state index contributed by atoms with van der Waals surface area (Å²) in [6.45, 7) is 14.1. The highest BCUT2D eigenvalue weighted by Crippen LogP contribution is 2.44. The van der Waals surface area contributed by atoms with Gasteiger partial charge in [-0.05, 0) is 75.0 Å². The second kappa shape index (κ2) is 9.99. The number of ether oxygens (including phenoxy) is 2. The van der Waals surface area contributed by atoms with Gasteiger partial charge < -0.3 is 14.6 Å². The lowest BCUT2D eigenvalue weighted by Gasteiger charge is -2.33. The standard InChI is InChI=1S/C26H33FO4/c1-8-11-30-23-14-24-20(21(16(2)3)15-26(6,7)31-24)13-19(23)18(5)22(27)10-9-17(4)12-25(28)29/h9-10,12-16H,8,11H2,1-7H3,(H,28,29)/b10-9+,17-12+,22-18+. The number of carbonyl (C=O) groups is 1. The summed E-state index contributed by atoms with van der Waals surface area (Å²) in [6.07, 6.45) is 6.71. The second-order valence-corrected chi connectivity index (χ2v) is 8.69. The number of hydrogen-bond donors (Lipinski definition) is 1. The fourth-order valence-corrected chi connectivity index (χ4v) is 3.44. The van der Waals surface area contributed by atoms with E-state index in [1.165, 1.54) is 12.2 Å². The highest BCUT2D eigenvalue weighted by molar-refractivity contribution is 5.82. The van der Waals surface area contributed by atoms with E-state index in [1.54, 1.807) is 13.8 Å². The number of carboxylic acid groups (broad SMARTS) is 1. The second-order valence-electron chi connectivity index (χ2n) is 8.69. The van der Waals surface area contributed by atoms with Gasteiger partial charge in [0.1, 0.15) is 22.9 Å². The molecule has 0 radical (unpaired) electrons. The van der Waals surface area contributed by atoms with Gasteiger partial charge in [0.2, 0.25) is 0 Å². The van der Waals surface area contributed by atoms with Gasteiger partial charge in [-0.15, -0.1) is 0 Å². The van der Waals surface area contributed by atoms with Gasteiger partial charge >= 0.3 is 5.97 Å². The molecule has 2 rings (SSSR count). The van der Waals surface area contributed by atoms with Crippen LogP contribution in [0.3, 0.4) is 0 Å². The summed E-state index contributed by atoms with van der Waals surface area (Å²) in [5.41, 5.74) is 3.17. The van der Waals surface area contributed by atoms with Crippen molar-refractivity contribution in [2.75, 3.05) is 6.61 Å². The van der Waals surface area contributed by atoms with Gasteiger partial charge in [0.15, 0.2) is 0 Å². The van der Waals surface area contributed by atoms with Crippen LogP contribution in [0.1, 0.15) is 66.0 Å². The molecule has 0 unspecified atom stereocenters. The summed E-state index contributed by atoms with van der Waals surface area (Å²) in [6, 6.07) is 3.79. The molecule has 5 heteroatoms. The van der Waals surface area contributed by atoms with E-state index in [9.17, 15) is 4.79 Å². The van der Waals surface area contributed by atoms with Gasteiger partial charge in [-0.1, -0.05) is 26.8 Å². The quantitative estimate of drug-likeness (QED) is 0.359. The van der Waals surface area contributed by atoms with Crippen molar-refractivity contribution in [2.24, 2.45) is 5.92 Å². The first-order valence-electron chi connectivity index (χ1n) is 10.6. The molecule has 31 heavy (non-hydrogen) atoms. The molecule has 0 aromatic heterocycles. The average molecular weight is 429 g/mol. The van der Waals surface area contributed by atoms with Crippen molar-refractivity contribution in [2.45, 2.75) is 60.5 Å². The van der Waals surface area contributed by atoms with E-state index < -0.39 is 17.4 Å². The number of halogens is 1. The molecular formula is C26H33FO4. The number of benzene rings is 1. The predicted molar refractivity (Wildman–Crippen MR) is 124 cm³/mol. The molecule has 4 nitrogen and oxygen atoms in total. The molecular weight excluding hydrogens is 395 g/mol. The van der Waals surface area contributed by atoms with Crippen molar-refractivity contribution in [3.63, 3.8) is 0 Å². The Kier molecular flexibility index (Phi) is 7.88. The first-order valence-corrected chi connectivity index (χ1v) is 10.6. The molecule has 1 aliphatic heterocycles. The van der Waals surface area contributed by atoms with E-state index in [0.29, 0.717) is 29.1 Å². The highest BCUT2D eigenvalue weighted by Gasteiger charge is 2.29. The summed E-state index contributed by atoms with van der Waals surface area (Å²) < 4.78 is 27.2. The van der Waals surface area contributed by atoms with Gasteiger partial charge in [-0.3, -0.25) is 0 Å². The minimum absolute atomic E-state index is 0.273. The summed E-state index contributed by atoms with van der Waals surface area (Å²) in [4.78, 5) is 10.8. The monoisotopic (exact) mass is 428 g/mol. The van der Waals surface area contributed by atoms with Crippen LogP contribution in [0.15, 0.2) is 47.8 Å². The first-order chi connectivity index (χ1) is 14.4. The summed E-state index contributed by atoms with van der Waals surface area (Å²) in [5.74, 6) is 0.0565. The van der Waals surface area contributed by atoms with Crippen molar-refractivity contribution in [3.8, 4) is 11.5 Å². The summed E-state index contributed by atoms with van der Waals surface area (Å²) in [5, 5.41) is 8.82. The maximum atomic E-state index is 15.0. The van der Waals surface area contributed by atoms with E-state index in [4.69, 9.17) is 14.6 Å². The van der Waals surface area contributed by atoms with E-state index >= 15 is 4.39 Å². The van der Waals surface area contributed by atoms with E-state index in [0.717, 1.165) is 29.4 Å². The van der Waals surface area contributed by atoms with Crippen LogP contribution in [0, 0.1) is 5.92 Å². The molecule has 0 amide bonds. The molecule has 1 aliphatic rings. The van der Waals surface area contributed by atoms with Crippen molar-refractivity contribution < 1.29 is 23.8 Å². The molecule has 0 atom stereocenters. The number of carboxylic acids is 1. The lowest BCUT2D eigenvalue weighted by atomic mass is 9.86. The SMILES string of the molecule is CCCOc1cc2c(cc1\C(C)=C(F)/C=C/C(C)=C/C(=O)O)C(C(C)C)=CC(C)(C)O2. The molecule has 0 fully saturated rings. The van der Waals surface area contributed by atoms with Crippen LogP contribution in [0.4, 0.5) is 4.39 Å². The van der Waals surface area contributed by atoms with Gasteiger partial charge in [0.05, 0.1) is 6.61 Å². The van der Waals surface area contributed by atoms with Crippen molar-refractivity contribution >= 4 is 17.1 Å². The first kappa shape index (κ1) is 24.4. The minimum atomic E-state index is -1.07. The van der Waals surface area contributed by atoms with Crippen molar-refractivity contribution in [1.29, 1.82) is 0 Å². The average Bonchev–Trinajstić information content (AvgIpc) is 2.67. The predicted octanol–water partition coefficient (Wildman–Crippen LogP) is 6.97. The zero-order valence-electron chi connectivity index (χ0n) is 19.5. The van der Waals surface area contributed by atoms with Gasteiger partial charge in [-0.25, -0.2) is 9.18 Å². The summed E-state index contributed by atoms with van der Waals surface area (Å²) in [7, 11) is 0. The molecule has 0 saturated carbocycles. The number of fused-ring (bicyclic) bond motifs is 1. The van der Waals surface area contributed by atoms with E-state index in [1.807, 2.05) is 32.9 Å². The molecule has 1 aromatic rings. The molecule has 1 aromatic carbocycles. The van der Waals surface area contributed by atoms with Gasteiger partial charge in [0, 0.05) is 23.3 Å². The van der Waals surface area contributed by atoms with Crippen LogP contribution in [-0.4, -0.2) is 23.3 Å². The van der Waals surface area contributed by atoms with Crippen molar-refractivity contribution in [1.82, 2.24) is 0 Å². The van der Waals surface area contributed by atoms with Crippen LogP contribution < -0.4 is 9.47 Å². The Bertz CT molecular complexity index is 962.